The van der Waals surface area contributed by atoms with Gasteiger partial charge in [-0.3, -0.25) is 9.59 Å². The average molecular weight is 310 g/mol. The molecule has 0 spiro atoms. The van der Waals surface area contributed by atoms with Gasteiger partial charge in [-0.1, -0.05) is 26.0 Å². The monoisotopic (exact) mass is 310 g/mol. The first-order valence-corrected chi connectivity index (χ1v) is 6.83. The lowest BCUT2D eigenvalue weighted by atomic mass is 10.1. The number of hydrogen-bond acceptors (Lipinski definition) is 3. The van der Waals surface area contributed by atoms with E-state index in [0.29, 0.717) is 5.56 Å². The van der Waals surface area contributed by atoms with Crippen LogP contribution in [0.25, 0.3) is 0 Å². The fraction of sp³-hybridized carbons (Fsp3) is 0.400. The van der Waals surface area contributed by atoms with Gasteiger partial charge in [0.25, 0.3) is 0 Å². The van der Waals surface area contributed by atoms with Gasteiger partial charge in [-0.2, -0.15) is 0 Å². The summed E-state index contributed by atoms with van der Waals surface area (Å²) in [4.78, 5) is 34.2. The lowest BCUT2D eigenvalue weighted by molar-refractivity contribution is -0.143. The third kappa shape index (κ3) is 5.90. The molecule has 1 aromatic rings. The summed E-state index contributed by atoms with van der Waals surface area (Å²) >= 11 is 0. The van der Waals surface area contributed by atoms with Crippen LogP contribution in [0, 0.1) is 11.7 Å². The van der Waals surface area contributed by atoms with Crippen LogP contribution >= 0.6 is 0 Å². The van der Waals surface area contributed by atoms with Gasteiger partial charge in [-0.15, -0.1) is 0 Å². The molecule has 0 aromatic heterocycles. The molecule has 0 saturated carbocycles. The number of carboxylic acid groups (broad SMARTS) is 1. The summed E-state index contributed by atoms with van der Waals surface area (Å²) in [5, 5.41) is 13.7. The Kier molecular flexibility index (Phi) is 6.49. The molecule has 3 N–H and O–H groups in total. The molecule has 1 aromatic carbocycles. The van der Waals surface area contributed by atoms with Crippen molar-refractivity contribution < 1.29 is 23.9 Å². The molecule has 2 amide bonds. The van der Waals surface area contributed by atoms with E-state index in [1.54, 1.807) is 19.9 Å². The zero-order chi connectivity index (χ0) is 16.7. The molecule has 22 heavy (non-hydrogen) atoms. The van der Waals surface area contributed by atoms with E-state index in [0.717, 1.165) is 0 Å². The second-order valence-electron chi connectivity index (χ2n) is 5.21. The normalized spacial score (nSPS) is 11.8. The van der Waals surface area contributed by atoms with Crippen LogP contribution in [0.4, 0.5) is 4.39 Å². The second kappa shape index (κ2) is 8.11. The first-order valence-electron chi connectivity index (χ1n) is 6.83. The fourth-order valence-electron chi connectivity index (χ4n) is 1.81. The number of amides is 2. The van der Waals surface area contributed by atoms with E-state index in [4.69, 9.17) is 5.11 Å². The molecule has 0 bridgehead atoms. The van der Waals surface area contributed by atoms with Gasteiger partial charge in [0.1, 0.15) is 11.9 Å². The molecule has 120 valence electrons. The molecule has 0 unspecified atom stereocenters. The summed E-state index contributed by atoms with van der Waals surface area (Å²) in [6.45, 7) is 3.01. The lowest BCUT2D eigenvalue weighted by Gasteiger charge is -2.17. The van der Waals surface area contributed by atoms with Crippen molar-refractivity contribution in [2.45, 2.75) is 26.3 Å². The van der Waals surface area contributed by atoms with Gasteiger partial charge in [0, 0.05) is 0 Å². The Labute approximate surface area is 127 Å². The summed E-state index contributed by atoms with van der Waals surface area (Å²) in [5.74, 6) is -2.88. The van der Waals surface area contributed by atoms with Crippen LogP contribution in [0.3, 0.4) is 0 Å². The van der Waals surface area contributed by atoms with Crippen LogP contribution in [0.2, 0.25) is 0 Å². The minimum absolute atomic E-state index is 0.0580. The SMILES string of the molecule is CC(C)[C@H](NC(=O)CNC(=O)Cc1cccc(F)c1)C(=O)O. The van der Waals surface area contributed by atoms with Gasteiger partial charge in [-0.25, -0.2) is 9.18 Å². The highest BCUT2D eigenvalue weighted by Crippen LogP contribution is 2.04. The van der Waals surface area contributed by atoms with E-state index >= 15 is 0 Å². The van der Waals surface area contributed by atoms with Crippen molar-refractivity contribution in [3.05, 3.63) is 35.6 Å². The Morgan fingerprint density at radius 1 is 1.23 bits per heavy atom. The highest BCUT2D eigenvalue weighted by atomic mass is 19.1. The molecule has 0 heterocycles. The third-order valence-corrected chi connectivity index (χ3v) is 2.95. The number of nitrogens with one attached hydrogen (secondary N) is 2. The van der Waals surface area contributed by atoms with Gasteiger partial charge in [0.05, 0.1) is 13.0 Å². The Hall–Kier alpha value is -2.44. The number of carbonyl (C=O) groups is 3. The van der Waals surface area contributed by atoms with Crippen molar-refractivity contribution in [2.75, 3.05) is 6.54 Å². The first kappa shape index (κ1) is 17.6. The predicted molar refractivity (Wildman–Crippen MR) is 77.5 cm³/mol. The molecule has 0 aliphatic rings. The van der Waals surface area contributed by atoms with Gasteiger partial charge >= 0.3 is 5.97 Å². The smallest absolute Gasteiger partial charge is 0.326 e. The van der Waals surface area contributed by atoms with Crippen molar-refractivity contribution in [3.8, 4) is 0 Å². The summed E-state index contributed by atoms with van der Waals surface area (Å²) in [6, 6.07) is 4.59. The largest absolute Gasteiger partial charge is 0.480 e. The van der Waals surface area contributed by atoms with E-state index in [9.17, 15) is 18.8 Å². The topological polar surface area (TPSA) is 95.5 Å². The van der Waals surface area contributed by atoms with Crippen LogP contribution < -0.4 is 10.6 Å². The summed E-state index contributed by atoms with van der Waals surface area (Å²) in [7, 11) is 0. The number of benzene rings is 1. The quantitative estimate of drug-likeness (QED) is 0.691. The summed E-state index contributed by atoms with van der Waals surface area (Å²) in [6.07, 6.45) is -0.0580. The van der Waals surface area contributed by atoms with Gasteiger partial charge in [-0.05, 0) is 23.6 Å². The maximum Gasteiger partial charge on any atom is 0.326 e. The number of aliphatic carboxylic acids is 1. The number of rotatable bonds is 7. The van der Waals surface area contributed by atoms with Crippen LogP contribution in [-0.2, 0) is 20.8 Å². The molecular weight excluding hydrogens is 291 g/mol. The lowest BCUT2D eigenvalue weighted by Crippen LogP contribution is -2.48. The summed E-state index contributed by atoms with van der Waals surface area (Å²) < 4.78 is 13.0. The molecule has 0 aliphatic heterocycles. The van der Waals surface area contributed by atoms with Crippen LogP contribution in [-0.4, -0.2) is 35.5 Å². The van der Waals surface area contributed by atoms with Crippen LogP contribution in [0.15, 0.2) is 24.3 Å². The highest BCUT2D eigenvalue weighted by Gasteiger charge is 2.23. The number of carbonyl (C=O) groups excluding carboxylic acids is 2. The van der Waals surface area contributed by atoms with Gasteiger partial charge in [0.15, 0.2) is 0 Å². The Bertz CT molecular complexity index is 560. The van der Waals surface area contributed by atoms with Gasteiger partial charge in [0.2, 0.25) is 11.8 Å². The maximum atomic E-state index is 13.0. The second-order valence-corrected chi connectivity index (χ2v) is 5.21. The fourth-order valence-corrected chi connectivity index (χ4v) is 1.81. The Balaban J connectivity index is 2.43. The van der Waals surface area contributed by atoms with E-state index < -0.39 is 29.6 Å². The maximum absolute atomic E-state index is 13.0. The number of hydrogen-bond donors (Lipinski definition) is 3. The molecular formula is C15H19FN2O4. The predicted octanol–water partition coefficient (Wildman–Crippen LogP) is 0.710. The zero-order valence-corrected chi connectivity index (χ0v) is 12.4. The van der Waals surface area contributed by atoms with Crippen molar-refractivity contribution in [3.63, 3.8) is 0 Å². The molecule has 0 fully saturated rings. The summed E-state index contributed by atoms with van der Waals surface area (Å²) in [5.41, 5.74) is 0.489. The number of halogens is 1. The van der Waals surface area contributed by atoms with E-state index in [-0.39, 0.29) is 18.9 Å². The minimum Gasteiger partial charge on any atom is -0.480 e. The molecule has 6 nitrogen and oxygen atoms in total. The molecule has 7 heteroatoms. The Morgan fingerprint density at radius 3 is 2.45 bits per heavy atom. The molecule has 0 radical (unpaired) electrons. The van der Waals surface area contributed by atoms with Crippen LogP contribution in [0.1, 0.15) is 19.4 Å². The third-order valence-electron chi connectivity index (χ3n) is 2.95. The molecule has 1 rings (SSSR count). The standard InChI is InChI=1S/C15H19FN2O4/c1-9(2)14(15(21)22)18-13(20)8-17-12(19)7-10-4-3-5-11(16)6-10/h3-6,9,14H,7-8H2,1-2H3,(H,17,19)(H,18,20)(H,21,22)/t14-/m0/s1. The number of carboxylic acids is 1. The highest BCUT2D eigenvalue weighted by molar-refractivity contribution is 5.88. The van der Waals surface area contributed by atoms with E-state index in [1.807, 2.05) is 0 Å². The van der Waals surface area contributed by atoms with Crippen molar-refractivity contribution in [1.82, 2.24) is 10.6 Å². The van der Waals surface area contributed by atoms with E-state index in [1.165, 1.54) is 18.2 Å². The Morgan fingerprint density at radius 2 is 1.91 bits per heavy atom. The first-order chi connectivity index (χ1) is 10.3. The zero-order valence-electron chi connectivity index (χ0n) is 12.4. The van der Waals surface area contributed by atoms with E-state index in [2.05, 4.69) is 10.6 Å². The van der Waals surface area contributed by atoms with Crippen molar-refractivity contribution in [1.29, 1.82) is 0 Å². The van der Waals surface area contributed by atoms with Crippen molar-refractivity contribution >= 4 is 17.8 Å². The molecule has 0 aliphatic carbocycles. The molecule has 0 saturated heterocycles. The average Bonchev–Trinajstić information content (AvgIpc) is 2.42. The van der Waals surface area contributed by atoms with Gasteiger partial charge < -0.3 is 15.7 Å². The van der Waals surface area contributed by atoms with Crippen LogP contribution in [0.5, 0.6) is 0 Å². The minimum atomic E-state index is -1.13. The molecule has 1 atom stereocenters. The van der Waals surface area contributed by atoms with Crippen molar-refractivity contribution in [2.24, 2.45) is 5.92 Å².